The molecule has 21 heavy (non-hydrogen) atoms. The largest absolute Gasteiger partial charge is 0.565 e. The lowest BCUT2D eigenvalue weighted by molar-refractivity contribution is 0.569. The molecular formula is C14H15BN4OS. The van der Waals surface area contributed by atoms with Crippen molar-refractivity contribution in [1.29, 1.82) is 5.26 Å². The SMILES string of the molecule is [B]OC(=C(C#N)c1c(C)c(C)nn1C)c1nc(C)sc1C. The van der Waals surface area contributed by atoms with E-state index in [1.54, 1.807) is 11.7 Å². The molecule has 0 saturated heterocycles. The molecule has 0 aliphatic rings. The van der Waals surface area contributed by atoms with Gasteiger partial charge in [0, 0.05) is 11.9 Å². The van der Waals surface area contributed by atoms with Crippen molar-refractivity contribution in [2.24, 2.45) is 7.05 Å². The minimum Gasteiger partial charge on any atom is -0.565 e. The van der Waals surface area contributed by atoms with Crippen molar-refractivity contribution in [2.45, 2.75) is 27.7 Å². The Hall–Kier alpha value is -2.07. The van der Waals surface area contributed by atoms with Crippen LogP contribution < -0.4 is 0 Å². The molecule has 0 spiro atoms. The van der Waals surface area contributed by atoms with Gasteiger partial charge in [-0.05, 0) is 33.3 Å². The molecule has 7 heteroatoms. The van der Waals surface area contributed by atoms with Crippen molar-refractivity contribution in [3.8, 4) is 6.07 Å². The van der Waals surface area contributed by atoms with Crippen LogP contribution in [0.3, 0.4) is 0 Å². The van der Waals surface area contributed by atoms with E-state index in [2.05, 4.69) is 16.2 Å². The Bertz CT molecular complexity index is 767. The molecule has 0 atom stereocenters. The first-order chi connectivity index (χ1) is 9.90. The zero-order valence-corrected chi connectivity index (χ0v) is 13.5. The van der Waals surface area contributed by atoms with Gasteiger partial charge in [0.1, 0.15) is 23.1 Å². The van der Waals surface area contributed by atoms with Gasteiger partial charge in [-0.1, -0.05) is 0 Å². The summed E-state index contributed by atoms with van der Waals surface area (Å²) >= 11 is 1.54. The van der Waals surface area contributed by atoms with E-state index in [9.17, 15) is 5.26 Å². The highest BCUT2D eigenvalue weighted by molar-refractivity contribution is 7.11. The molecule has 2 rings (SSSR count). The Balaban J connectivity index is 2.77. The van der Waals surface area contributed by atoms with Gasteiger partial charge in [0.25, 0.3) is 0 Å². The summed E-state index contributed by atoms with van der Waals surface area (Å²) in [5.41, 5.74) is 3.43. The van der Waals surface area contributed by atoms with Crippen molar-refractivity contribution in [2.75, 3.05) is 0 Å². The number of rotatable bonds is 3. The summed E-state index contributed by atoms with van der Waals surface area (Å²) in [7, 11) is 7.22. The molecule has 5 nitrogen and oxygen atoms in total. The average molecular weight is 298 g/mol. The topological polar surface area (TPSA) is 63.7 Å². The number of thiazole rings is 1. The van der Waals surface area contributed by atoms with Crippen LogP contribution in [0.1, 0.15) is 32.5 Å². The van der Waals surface area contributed by atoms with E-state index in [1.807, 2.05) is 27.7 Å². The third-order valence-electron chi connectivity index (χ3n) is 3.33. The lowest BCUT2D eigenvalue weighted by Gasteiger charge is -2.10. The first-order valence-electron chi connectivity index (χ1n) is 6.36. The molecule has 0 amide bonds. The number of allylic oxidation sites excluding steroid dienone is 1. The standard InChI is InChI=1S/C14H15BN4OS/c1-7-8(2)18-19(5)13(7)11(6-16)14(20-15)12-9(3)21-10(4)17-12/h1-5H3. The molecule has 0 bridgehead atoms. The molecule has 0 aromatic carbocycles. The van der Waals surface area contributed by atoms with Gasteiger partial charge in [-0.3, -0.25) is 4.68 Å². The van der Waals surface area contributed by atoms with Crippen LogP contribution >= 0.6 is 11.3 Å². The van der Waals surface area contributed by atoms with Gasteiger partial charge in [0.2, 0.25) is 0 Å². The normalized spacial score (nSPS) is 12.0. The van der Waals surface area contributed by atoms with Crippen LogP contribution in [0.15, 0.2) is 0 Å². The molecule has 2 aromatic rings. The molecule has 106 valence electrons. The van der Waals surface area contributed by atoms with Crippen LogP contribution in [0.2, 0.25) is 0 Å². The van der Waals surface area contributed by atoms with Crippen LogP contribution in [0.4, 0.5) is 0 Å². The molecule has 0 unspecified atom stereocenters. The monoisotopic (exact) mass is 298 g/mol. The van der Waals surface area contributed by atoms with E-state index in [4.69, 9.17) is 12.7 Å². The number of nitriles is 1. The summed E-state index contributed by atoms with van der Waals surface area (Å²) in [5, 5.41) is 14.8. The van der Waals surface area contributed by atoms with Crippen LogP contribution in [0, 0.1) is 39.0 Å². The molecule has 2 radical (unpaired) electrons. The Labute approximate surface area is 129 Å². The smallest absolute Gasteiger partial charge is 0.374 e. The number of aromatic nitrogens is 3. The molecular weight excluding hydrogens is 283 g/mol. The fraction of sp³-hybridized carbons (Fsp3) is 0.357. The van der Waals surface area contributed by atoms with Gasteiger partial charge in [-0.25, -0.2) is 4.98 Å². The Morgan fingerprint density at radius 3 is 2.38 bits per heavy atom. The van der Waals surface area contributed by atoms with Crippen LogP contribution in [0.25, 0.3) is 11.3 Å². The minimum atomic E-state index is 0.283. The van der Waals surface area contributed by atoms with Gasteiger partial charge in [-0.15, -0.1) is 11.3 Å². The van der Waals surface area contributed by atoms with E-state index >= 15 is 0 Å². The summed E-state index contributed by atoms with van der Waals surface area (Å²) < 4.78 is 6.68. The van der Waals surface area contributed by atoms with E-state index in [1.165, 1.54) is 11.3 Å². The van der Waals surface area contributed by atoms with Gasteiger partial charge >= 0.3 is 8.05 Å². The molecule has 2 heterocycles. The second-order valence-electron chi connectivity index (χ2n) is 4.75. The van der Waals surface area contributed by atoms with Crippen molar-refractivity contribution >= 4 is 30.7 Å². The maximum Gasteiger partial charge on any atom is 0.374 e. The first kappa shape index (κ1) is 15.3. The average Bonchev–Trinajstić information content (AvgIpc) is 2.88. The second kappa shape index (κ2) is 5.74. The quantitative estimate of drug-likeness (QED) is 0.496. The molecule has 0 aliphatic carbocycles. The third-order valence-corrected chi connectivity index (χ3v) is 4.22. The van der Waals surface area contributed by atoms with Crippen LogP contribution in [0.5, 0.6) is 0 Å². The van der Waals surface area contributed by atoms with E-state index < -0.39 is 0 Å². The summed E-state index contributed by atoms with van der Waals surface area (Å²) in [6.07, 6.45) is 0. The number of aryl methyl sites for hydroxylation is 4. The molecule has 2 aromatic heterocycles. The minimum absolute atomic E-state index is 0.283. The molecule has 0 aliphatic heterocycles. The van der Waals surface area contributed by atoms with E-state index in [0.717, 1.165) is 21.1 Å². The fourth-order valence-electron chi connectivity index (χ4n) is 2.30. The number of nitrogens with zero attached hydrogens (tertiary/aromatic N) is 4. The first-order valence-corrected chi connectivity index (χ1v) is 7.18. The van der Waals surface area contributed by atoms with Gasteiger partial charge in [-0.2, -0.15) is 10.4 Å². The Morgan fingerprint density at radius 2 is 2.00 bits per heavy atom. The predicted octanol–water partition coefficient (Wildman–Crippen LogP) is 2.60. The van der Waals surface area contributed by atoms with Crippen LogP contribution in [-0.2, 0) is 11.7 Å². The highest BCUT2D eigenvalue weighted by Gasteiger charge is 2.22. The number of hydrogen-bond acceptors (Lipinski definition) is 5. The van der Waals surface area contributed by atoms with Gasteiger partial charge in [0.05, 0.1) is 16.4 Å². The van der Waals surface area contributed by atoms with E-state index in [0.29, 0.717) is 17.0 Å². The van der Waals surface area contributed by atoms with Crippen LogP contribution in [-0.4, -0.2) is 22.8 Å². The Kier molecular flexibility index (Phi) is 4.19. The highest BCUT2D eigenvalue weighted by atomic mass is 32.1. The maximum absolute atomic E-state index is 9.59. The lowest BCUT2D eigenvalue weighted by atomic mass is 10.1. The summed E-state index contributed by atoms with van der Waals surface area (Å²) in [6.45, 7) is 7.65. The molecule has 0 fully saturated rings. The van der Waals surface area contributed by atoms with Crippen molar-refractivity contribution in [3.63, 3.8) is 0 Å². The predicted molar refractivity (Wildman–Crippen MR) is 83.5 cm³/mol. The summed E-state index contributed by atoms with van der Waals surface area (Å²) in [5.74, 6) is 0.283. The van der Waals surface area contributed by atoms with Crippen molar-refractivity contribution in [1.82, 2.24) is 14.8 Å². The van der Waals surface area contributed by atoms with Gasteiger partial charge in [0.15, 0.2) is 0 Å². The maximum atomic E-state index is 9.59. The van der Waals surface area contributed by atoms with Gasteiger partial charge < -0.3 is 4.65 Å². The summed E-state index contributed by atoms with van der Waals surface area (Å²) in [6, 6.07) is 2.18. The van der Waals surface area contributed by atoms with Crippen molar-refractivity contribution < 1.29 is 4.65 Å². The fourth-order valence-corrected chi connectivity index (χ4v) is 3.11. The lowest BCUT2D eigenvalue weighted by Crippen LogP contribution is -2.03. The second-order valence-corrected chi connectivity index (χ2v) is 6.16. The number of hydrogen-bond donors (Lipinski definition) is 0. The molecule has 0 saturated carbocycles. The van der Waals surface area contributed by atoms with E-state index in [-0.39, 0.29) is 5.76 Å². The zero-order chi connectivity index (χ0) is 15.7. The summed E-state index contributed by atoms with van der Waals surface area (Å²) in [4.78, 5) is 5.37. The molecule has 0 N–H and O–H groups in total. The Morgan fingerprint density at radius 1 is 1.33 bits per heavy atom. The zero-order valence-electron chi connectivity index (χ0n) is 12.7. The highest BCUT2D eigenvalue weighted by Crippen LogP contribution is 2.32. The van der Waals surface area contributed by atoms with Crippen molar-refractivity contribution in [3.05, 3.63) is 32.5 Å². The third kappa shape index (κ3) is 2.59.